The number of rotatable bonds is 8. The van der Waals surface area contributed by atoms with Gasteiger partial charge in [0, 0.05) is 6.42 Å². The maximum atomic E-state index is 12.6. The normalized spacial score (nSPS) is 13.1. The molecule has 0 bridgehead atoms. The van der Waals surface area contributed by atoms with E-state index in [2.05, 4.69) is 0 Å². The first kappa shape index (κ1) is 20.6. The molecule has 2 N–H and O–H groups in total. The van der Waals surface area contributed by atoms with Crippen LogP contribution in [0.15, 0.2) is 54.6 Å². The highest BCUT2D eigenvalue weighted by Crippen LogP contribution is 2.13. The van der Waals surface area contributed by atoms with E-state index in [4.69, 9.17) is 15.2 Å². The number of carbonyl (C=O) groups is 2. The van der Waals surface area contributed by atoms with Crippen LogP contribution in [0.25, 0.3) is 0 Å². The van der Waals surface area contributed by atoms with Crippen LogP contribution in [0.4, 0.5) is 0 Å². The first-order valence-corrected chi connectivity index (χ1v) is 9.09. The molecule has 144 valence electrons. The summed E-state index contributed by atoms with van der Waals surface area (Å²) < 4.78 is 10.8. The first-order chi connectivity index (χ1) is 12.9. The molecule has 0 heterocycles. The molecule has 0 aliphatic carbocycles. The van der Waals surface area contributed by atoms with Crippen LogP contribution in [0.3, 0.4) is 0 Å². The van der Waals surface area contributed by atoms with Crippen molar-refractivity contribution in [2.75, 3.05) is 0 Å². The summed E-state index contributed by atoms with van der Waals surface area (Å²) in [6.45, 7) is 5.76. The van der Waals surface area contributed by atoms with Crippen LogP contribution >= 0.6 is 0 Å². The average Bonchev–Trinajstić information content (AvgIpc) is 2.67. The van der Waals surface area contributed by atoms with Gasteiger partial charge in [-0.05, 0) is 24.0 Å². The zero-order chi connectivity index (χ0) is 19.8. The van der Waals surface area contributed by atoms with Crippen molar-refractivity contribution in [3.8, 4) is 0 Å². The SMILES string of the molecule is Cc1ccc(CC(OC(=O)[C@H](N)C(C)C)C(=O)OCc2ccccc2)cc1. The molecule has 27 heavy (non-hydrogen) atoms. The van der Waals surface area contributed by atoms with E-state index in [1.807, 2.05) is 75.4 Å². The van der Waals surface area contributed by atoms with Crippen LogP contribution in [-0.4, -0.2) is 24.1 Å². The lowest BCUT2D eigenvalue weighted by Crippen LogP contribution is -2.41. The number of hydrogen-bond donors (Lipinski definition) is 1. The predicted octanol–water partition coefficient (Wildman–Crippen LogP) is 3.18. The minimum Gasteiger partial charge on any atom is -0.458 e. The van der Waals surface area contributed by atoms with Gasteiger partial charge in [0.2, 0.25) is 6.10 Å². The van der Waals surface area contributed by atoms with Crippen molar-refractivity contribution >= 4 is 11.9 Å². The summed E-state index contributed by atoms with van der Waals surface area (Å²) >= 11 is 0. The number of esters is 2. The van der Waals surface area contributed by atoms with Crippen molar-refractivity contribution in [1.29, 1.82) is 0 Å². The molecular formula is C22H27NO4. The molecule has 0 fully saturated rings. The molecule has 5 nitrogen and oxygen atoms in total. The van der Waals surface area contributed by atoms with Gasteiger partial charge < -0.3 is 15.2 Å². The van der Waals surface area contributed by atoms with Gasteiger partial charge in [-0.25, -0.2) is 4.79 Å². The summed E-state index contributed by atoms with van der Waals surface area (Å²) in [4.78, 5) is 24.8. The van der Waals surface area contributed by atoms with E-state index >= 15 is 0 Å². The number of aryl methyl sites for hydroxylation is 1. The highest BCUT2D eigenvalue weighted by molar-refractivity contribution is 5.82. The van der Waals surface area contributed by atoms with Crippen molar-refractivity contribution in [2.45, 2.75) is 45.9 Å². The minimum absolute atomic E-state index is 0.0853. The van der Waals surface area contributed by atoms with Gasteiger partial charge in [-0.2, -0.15) is 0 Å². The molecule has 0 aliphatic heterocycles. The maximum Gasteiger partial charge on any atom is 0.348 e. The van der Waals surface area contributed by atoms with Gasteiger partial charge in [-0.1, -0.05) is 74.0 Å². The van der Waals surface area contributed by atoms with E-state index < -0.39 is 24.1 Å². The number of carbonyl (C=O) groups excluding carboxylic acids is 2. The summed E-state index contributed by atoms with van der Waals surface area (Å²) in [7, 11) is 0. The Morgan fingerprint density at radius 1 is 0.926 bits per heavy atom. The Morgan fingerprint density at radius 3 is 2.15 bits per heavy atom. The van der Waals surface area contributed by atoms with Gasteiger partial charge in [0.1, 0.15) is 12.6 Å². The molecule has 0 aromatic heterocycles. The number of nitrogens with two attached hydrogens (primary N) is 1. The molecule has 2 rings (SSSR count). The van der Waals surface area contributed by atoms with Gasteiger partial charge in [-0.3, -0.25) is 4.79 Å². The van der Waals surface area contributed by atoms with E-state index in [0.717, 1.165) is 16.7 Å². The lowest BCUT2D eigenvalue weighted by molar-refractivity contribution is -0.170. The molecule has 0 spiro atoms. The van der Waals surface area contributed by atoms with Gasteiger partial charge in [0.05, 0.1) is 0 Å². The number of hydrogen-bond acceptors (Lipinski definition) is 5. The molecule has 0 saturated heterocycles. The van der Waals surface area contributed by atoms with Crippen LogP contribution in [0, 0.1) is 12.8 Å². The zero-order valence-electron chi connectivity index (χ0n) is 16.1. The number of ether oxygens (including phenoxy) is 2. The Balaban J connectivity index is 2.08. The summed E-state index contributed by atoms with van der Waals surface area (Å²) in [5, 5.41) is 0. The highest BCUT2D eigenvalue weighted by Gasteiger charge is 2.29. The van der Waals surface area contributed by atoms with E-state index in [1.165, 1.54) is 0 Å². The van der Waals surface area contributed by atoms with Gasteiger partial charge in [0.25, 0.3) is 0 Å². The van der Waals surface area contributed by atoms with E-state index in [0.29, 0.717) is 0 Å². The maximum absolute atomic E-state index is 12.6. The van der Waals surface area contributed by atoms with Crippen molar-refractivity contribution in [3.63, 3.8) is 0 Å². The third kappa shape index (κ3) is 6.53. The molecule has 0 aliphatic rings. The fourth-order valence-electron chi connectivity index (χ4n) is 2.42. The largest absolute Gasteiger partial charge is 0.458 e. The first-order valence-electron chi connectivity index (χ1n) is 9.09. The highest BCUT2D eigenvalue weighted by atomic mass is 16.6. The summed E-state index contributed by atoms with van der Waals surface area (Å²) in [5.74, 6) is -1.26. The average molecular weight is 369 g/mol. The quantitative estimate of drug-likeness (QED) is 0.723. The molecule has 2 aromatic rings. The third-order valence-corrected chi connectivity index (χ3v) is 4.28. The van der Waals surface area contributed by atoms with Crippen molar-refractivity contribution < 1.29 is 19.1 Å². The molecule has 5 heteroatoms. The summed E-state index contributed by atoms with van der Waals surface area (Å²) in [5.41, 5.74) is 8.72. The molecule has 0 amide bonds. The minimum atomic E-state index is -1.03. The molecule has 0 saturated carbocycles. The molecule has 0 radical (unpaired) electrons. The topological polar surface area (TPSA) is 78.6 Å². The van der Waals surface area contributed by atoms with Gasteiger partial charge >= 0.3 is 11.9 Å². The van der Waals surface area contributed by atoms with Crippen molar-refractivity contribution in [2.24, 2.45) is 11.7 Å². The lowest BCUT2D eigenvalue weighted by atomic mass is 10.0. The van der Waals surface area contributed by atoms with Gasteiger partial charge in [-0.15, -0.1) is 0 Å². The van der Waals surface area contributed by atoms with Crippen LogP contribution < -0.4 is 5.73 Å². The lowest BCUT2D eigenvalue weighted by Gasteiger charge is -2.21. The van der Waals surface area contributed by atoms with Crippen molar-refractivity contribution in [3.05, 3.63) is 71.3 Å². The van der Waals surface area contributed by atoms with E-state index in [-0.39, 0.29) is 18.9 Å². The summed E-state index contributed by atoms with van der Waals surface area (Å²) in [6, 6.07) is 16.3. The fourth-order valence-corrected chi connectivity index (χ4v) is 2.42. The monoisotopic (exact) mass is 369 g/mol. The van der Waals surface area contributed by atoms with E-state index in [9.17, 15) is 9.59 Å². The Labute approximate surface area is 160 Å². The van der Waals surface area contributed by atoms with E-state index in [1.54, 1.807) is 0 Å². The van der Waals surface area contributed by atoms with Crippen LogP contribution in [-0.2, 0) is 32.1 Å². The van der Waals surface area contributed by atoms with Crippen LogP contribution in [0.5, 0.6) is 0 Å². The Morgan fingerprint density at radius 2 is 1.56 bits per heavy atom. The zero-order valence-corrected chi connectivity index (χ0v) is 16.1. The van der Waals surface area contributed by atoms with Gasteiger partial charge in [0.15, 0.2) is 0 Å². The smallest absolute Gasteiger partial charge is 0.348 e. The second-order valence-electron chi connectivity index (χ2n) is 6.98. The summed E-state index contributed by atoms with van der Waals surface area (Å²) in [6.07, 6.45) is -0.793. The van der Waals surface area contributed by atoms with Crippen molar-refractivity contribution in [1.82, 2.24) is 0 Å². The predicted molar refractivity (Wildman–Crippen MR) is 104 cm³/mol. The van der Waals surface area contributed by atoms with Crippen LogP contribution in [0.2, 0.25) is 0 Å². The van der Waals surface area contributed by atoms with Crippen LogP contribution in [0.1, 0.15) is 30.5 Å². The standard InChI is InChI=1S/C22H27NO4/c1-15(2)20(23)22(25)27-19(13-17-11-9-16(3)10-12-17)21(24)26-14-18-7-5-4-6-8-18/h4-12,15,19-20H,13-14,23H2,1-3H3/t19?,20-/m1/s1. The molecular weight excluding hydrogens is 342 g/mol. The molecule has 2 atom stereocenters. The molecule has 1 unspecified atom stereocenters. The second kappa shape index (κ2) is 9.88. The Kier molecular flexibility index (Phi) is 7.55. The third-order valence-electron chi connectivity index (χ3n) is 4.28. The molecule has 2 aromatic carbocycles. The second-order valence-corrected chi connectivity index (χ2v) is 6.98. The number of benzene rings is 2. The Bertz CT molecular complexity index is 741. The fraction of sp³-hybridized carbons (Fsp3) is 0.364. The Hall–Kier alpha value is -2.66.